The van der Waals surface area contributed by atoms with Gasteiger partial charge in [0.1, 0.15) is 11.9 Å². The summed E-state index contributed by atoms with van der Waals surface area (Å²) in [6.07, 6.45) is -0.0623. The Hall–Kier alpha value is -1.89. The smallest absolute Gasteiger partial charge is 0.423 e. The molecule has 0 spiro atoms. The molecule has 0 aliphatic rings. The summed E-state index contributed by atoms with van der Waals surface area (Å²) < 4.78 is 8.87. The molecule has 0 rings (SSSR count). The van der Waals surface area contributed by atoms with Crippen LogP contribution < -0.4 is 0 Å². The SMILES string of the molecule is CC(=COOC(C)(C)CC(C)(C)C)C(=O)OC(=O)OC(C)C=O. The maximum Gasteiger partial charge on any atom is 0.517 e. The van der Waals surface area contributed by atoms with Gasteiger partial charge >= 0.3 is 12.1 Å². The summed E-state index contributed by atoms with van der Waals surface area (Å²) in [5, 5.41) is 0. The van der Waals surface area contributed by atoms with Crippen LogP contribution in [0.1, 0.15) is 54.9 Å². The molecule has 0 bridgehead atoms. The summed E-state index contributed by atoms with van der Waals surface area (Å²) >= 11 is 0. The Morgan fingerprint density at radius 1 is 1.13 bits per heavy atom. The molecule has 7 heteroatoms. The Labute approximate surface area is 136 Å². The Kier molecular flexibility index (Phi) is 7.95. The Morgan fingerprint density at radius 2 is 1.70 bits per heavy atom. The van der Waals surface area contributed by atoms with Crippen molar-refractivity contribution in [3.8, 4) is 0 Å². The van der Waals surface area contributed by atoms with Crippen LogP contribution in [0.25, 0.3) is 0 Å². The minimum atomic E-state index is -1.25. The van der Waals surface area contributed by atoms with Crippen LogP contribution in [0.3, 0.4) is 0 Å². The molecule has 0 saturated carbocycles. The standard InChI is InChI=1S/C16H26O7/c1-11(13(18)22-14(19)21-12(2)8-17)9-20-23-16(6,7)10-15(3,4)5/h8-9,12H,10H2,1-7H3. The van der Waals surface area contributed by atoms with Crippen molar-refractivity contribution in [1.29, 1.82) is 0 Å². The van der Waals surface area contributed by atoms with E-state index in [1.165, 1.54) is 13.8 Å². The van der Waals surface area contributed by atoms with Crippen molar-refractivity contribution in [1.82, 2.24) is 0 Å². The highest BCUT2D eigenvalue weighted by Crippen LogP contribution is 2.29. The maximum absolute atomic E-state index is 11.6. The van der Waals surface area contributed by atoms with Crippen molar-refractivity contribution in [3.05, 3.63) is 11.8 Å². The first-order valence-corrected chi connectivity index (χ1v) is 7.25. The predicted octanol–water partition coefficient (Wildman–Crippen LogP) is 3.32. The van der Waals surface area contributed by atoms with Crippen molar-refractivity contribution < 1.29 is 33.6 Å². The number of aldehydes is 1. The van der Waals surface area contributed by atoms with Gasteiger partial charge in [0.05, 0.1) is 5.57 Å². The highest BCUT2D eigenvalue weighted by molar-refractivity contribution is 5.94. The van der Waals surface area contributed by atoms with Gasteiger partial charge in [-0.05, 0) is 39.5 Å². The second kappa shape index (κ2) is 8.67. The minimum absolute atomic E-state index is 0.00673. The molecular weight excluding hydrogens is 304 g/mol. The lowest BCUT2D eigenvalue weighted by molar-refractivity contribution is -0.322. The van der Waals surface area contributed by atoms with E-state index in [1.807, 2.05) is 13.8 Å². The van der Waals surface area contributed by atoms with Gasteiger partial charge in [-0.25, -0.2) is 9.59 Å². The molecule has 0 aromatic carbocycles. The molecule has 0 heterocycles. The molecule has 0 saturated heterocycles. The van der Waals surface area contributed by atoms with Crippen LogP contribution in [0.15, 0.2) is 11.8 Å². The van der Waals surface area contributed by atoms with Gasteiger partial charge < -0.3 is 14.4 Å². The average molecular weight is 330 g/mol. The summed E-state index contributed by atoms with van der Waals surface area (Å²) in [5.74, 6) is -0.953. The molecule has 132 valence electrons. The van der Waals surface area contributed by atoms with E-state index in [-0.39, 0.29) is 11.0 Å². The van der Waals surface area contributed by atoms with Crippen LogP contribution in [0.4, 0.5) is 4.79 Å². The van der Waals surface area contributed by atoms with Crippen LogP contribution in [-0.4, -0.2) is 30.1 Å². The monoisotopic (exact) mass is 330 g/mol. The highest BCUT2D eigenvalue weighted by atomic mass is 17.2. The normalized spacial score (nSPS) is 14.0. The van der Waals surface area contributed by atoms with Crippen LogP contribution in [0.5, 0.6) is 0 Å². The van der Waals surface area contributed by atoms with E-state index in [1.54, 1.807) is 0 Å². The molecule has 0 aromatic rings. The number of carbonyl (C=O) groups excluding carboxylic acids is 3. The third-order valence-electron chi connectivity index (χ3n) is 2.43. The first kappa shape index (κ1) is 21.1. The topological polar surface area (TPSA) is 88.1 Å². The largest absolute Gasteiger partial charge is 0.517 e. The summed E-state index contributed by atoms with van der Waals surface area (Å²) in [6, 6.07) is 0. The van der Waals surface area contributed by atoms with Crippen molar-refractivity contribution >= 4 is 18.4 Å². The molecule has 23 heavy (non-hydrogen) atoms. The number of hydrogen-bond acceptors (Lipinski definition) is 7. The molecule has 1 unspecified atom stereocenters. The lowest BCUT2D eigenvalue weighted by Gasteiger charge is -2.30. The van der Waals surface area contributed by atoms with Gasteiger partial charge in [0.25, 0.3) is 0 Å². The zero-order valence-corrected chi connectivity index (χ0v) is 14.8. The van der Waals surface area contributed by atoms with E-state index in [0.717, 1.165) is 12.7 Å². The molecular formula is C16H26O7. The Balaban J connectivity index is 4.41. The van der Waals surface area contributed by atoms with Crippen LogP contribution in [-0.2, 0) is 28.8 Å². The van der Waals surface area contributed by atoms with Gasteiger partial charge in [0.2, 0.25) is 0 Å². The molecule has 0 aromatic heterocycles. The van der Waals surface area contributed by atoms with Crippen molar-refractivity contribution in [2.45, 2.75) is 66.6 Å². The van der Waals surface area contributed by atoms with Crippen LogP contribution >= 0.6 is 0 Å². The first-order valence-electron chi connectivity index (χ1n) is 7.25. The van der Waals surface area contributed by atoms with Gasteiger partial charge in [0.15, 0.2) is 12.4 Å². The molecule has 0 N–H and O–H groups in total. The molecule has 7 nitrogen and oxygen atoms in total. The van der Waals surface area contributed by atoms with E-state index in [2.05, 4.69) is 30.2 Å². The quantitative estimate of drug-likeness (QED) is 0.134. The molecule has 1 atom stereocenters. The Morgan fingerprint density at radius 3 is 2.17 bits per heavy atom. The summed E-state index contributed by atoms with van der Waals surface area (Å²) in [6.45, 7) is 12.7. The lowest BCUT2D eigenvalue weighted by Crippen LogP contribution is -2.29. The van der Waals surface area contributed by atoms with Crippen molar-refractivity contribution in [2.75, 3.05) is 0 Å². The fourth-order valence-electron chi connectivity index (χ4n) is 1.94. The third kappa shape index (κ3) is 10.5. The minimum Gasteiger partial charge on any atom is -0.423 e. The highest BCUT2D eigenvalue weighted by Gasteiger charge is 2.28. The maximum atomic E-state index is 11.6. The van der Waals surface area contributed by atoms with Crippen LogP contribution in [0.2, 0.25) is 0 Å². The molecule has 0 fully saturated rings. The summed E-state index contributed by atoms with van der Waals surface area (Å²) in [7, 11) is 0. The second-order valence-electron chi connectivity index (χ2n) is 7.08. The van der Waals surface area contributed by atoms with Gasteiger partial charge in [-0.3, -0.25) is 4.79 Å². The zero-order chi connectivity index (χ0) is 18.3. The fraction of sp³-hybridized carbons (Fsp3) is 0.688. The van der Waals surface area contributed by atoms with Gasteiger partial charge in [-0.1, -0.05) is 20.8 Å². The average Bonchev–Trinajstić information content (AvgIpc) is 2.34. The number of esters is 1. The van der Waals surface area contributed by atoms with E-state index >= 15 is 0 Å². The second-order valence-corrected chi connectivity index (χ2v) is 7.08. The summed E-state index contributed by atoms with van der Waals surface area (Å²) in [5.41, 5.74) is -0.506. The number of ether oxygens (including phenoxy) is 2. The number of carbonyl (C=O) groups is 3. The molecule has 0 aliphatic heterocycles. The van der Waals surface area contributed by atoms with E-state index < -0.39 is 23.8 Å². The lowest BCUT2D eigenvalue weighted by atomic mass is 9.84. The van der Waals surface area contributed by atoms with Crippen LogP contribution in [0, 0.1) is 5.41 Å². The number of rotatable bonds is 7. The van der Waals surface area contributed by atoms with E-state index in [4.69, 9.17) is 9.78 Å². The van der Waals surface area contributed by atoms with Gasteiger partial charge in [0, 0.05) is 0 Å². The predicted molar refractivity (Wildman–Crippen MR) is 82.2 cm³/mol. The zero-order valence-electron chi connectivity index (χ0n) is 14.8. The third-order valence-corrected chi connectivity index (χ3v) is 2.43. The van der Waals surface area contributed by atoms with Crippen molar-refractivity contribution in [3.63, 3.8) is 0 Å². The van der Waals surface area contributed by atoms with Gasteiger partial charge in [-0.15, -0.1) is 0 Å². The van der Waals surface area contributed by atoms with E-state index in [9.17, 15) is 14.4 Å². The first-order chi connectivity index (χ1) is 10.4. The van der Waals surface area contributed by atoms with Crippen molar-refractivity contribution in [2.24, 2.45) is 5.41 Å². The molecule has 0 aliphatic carbocycles. The van der Waals surface area contributed by atoms with E-state index in [0.29, 0.717) is 6.29 Å². The van der Waals surface area contributed by atoms with Gasteiger partial charge in [-0.2, -0.15) is 4.89 Å². The summed E-state index contributed by atoms with van der Waals surface area (Å²) in [4.78, 5) is 43.3. The fourth-order valence-corrected chi connectivity index (χ4v) is 1.94. The number of hydrogen-bond donors (Lipinski definition) is 0. The molecule has 0 radical (unpaired) electrons. The molecule has 0 amide bonds. The Bertz CT molecular complexity index is 458.